The van der Waals surface area contributed by atoms with E-state index in [2.05, 4.69) is 45.7 Å². The van der Waals surface area contributed by atoms with Gasteiger partial charge in [0.25, 0.3) is 0 Å². The molecular formula is C15H20BrN3O2. The molecule has 2 unspecified atom stereocenters. The van der Waals surface area contributed by atoms with Crippen LogP contribution in [0.3, 0.4) is 0 Å². The van der Waals surface area contributed by atoms with Crippen LogP contribution in [0, 0.1) is 5.92 Å². The molecule has 0 aliphatic carbocycles. The van der Waals surface area contributed by atoms with E-state index in [4.69, 9.17) is 0 Å². The second kappa shape index (κ2) is 6.58. The number of amides is 2. The van der Waals surface area contributed by atoms with Crippen molar-refractivity contribution in [3.63, 3.8) is 0 Å². The van der Waals surface area contributed by atoms with Crippen molar-refractivity contribution in [3.05, 3.63) is 28.2 Å². The number of hydrogen-bond acceptors (Lipinski definition) is 3. The predicted octanol–water partition coefficient (Wildman–Crippen LogP) is 2.19. The molecule has 1 aliphatic rings. The SMILES string of the molecule is CNC(=O)C(CC(C)C)NC1C(=O)Nc2cc(Br)ccc21. The minimum Gasteiger partial charge on any atom is -0.358 e. The molecule has 5 nitrogen and oxygen atoms in total. The molecule has 1 aliphatic heterocycles. The Kier molecular flexibility index (Phi) is 5.00. The van der Waals surface area contributed by atoms with Crippen LogP contribution in [-0.2, 0) is 9.59 Å². The highest BCUT2D eigenvalue weighted by molar-refractivity contribution is 9.10. The van der Waals surface area contributed by atoms with Crippen LogP contribution in [0.5, 0.6) is 0 Å². The summed E-state index contributed by atoms with van der Waals surface area (Å²) in [5.74, 6) is 0.136. The Bertz CT molecular complexity index is 560. The molecule has 21 heavy (non-hydrogen) atoms. The Hall–Kier alpha value is -1.40. The van der Waals surface area contributed by atoms with Crippen molar-refractivity contribution in [3.8, 4) is 0 Å². The molecule has 2 amide bonds. The minimum atomic E-state index is -0.492. The molecule has 114 valence electrons. The Labute approximate surface area is 133 Å². The van der Waals surface area contributed by atoms with Gasteiger partial charge in [0.05, 0.1) is 6.04 Å². The molecule has 0 fully saturated rings. The average Bonchev–Trinajstić information content (AvgIpc) is 2.72. The van der Waals surface area contributed by atoms with Gasteiger partial charge in [-0.3, -0.25) is 14.9 Å². The quantitative estimate of drug-likeness (QED) is 0.759. The van der Waals surface area contributed by atoms with Crippen molar-refractivity contribution in [1.82, 2.24) is 10.6 Å². The largest absolute Gasteiger partial charge is 0.358 e. The van der Waals surface area contributed by atoms with E-state index in [1.807, 2.05) is 18.2 Å². The van der Waals surface area contributed by atoms with E-state index in [-0.39, 0.29) is 17.9 Å². The number of fused-ring (bicyclic) bond motifs is 1. The smallest absolute Gasteiger partial charge is 0.246 e. The Morgan fingerprint density at radius 3 is 2.76 bits per heavy atom. The third kappa shape index (κ3) is 3.63. The molecule has 1 aromatic carbocycles. The molecule has 0 spiro atoms. The van der Waals surface area contributed by atoms with E-state index in [1.165, 1.54) is 0 Å². The molecule has 0 aromatic heterocycles. The van der Waals surface area contributed by atoms with Crippen LogP contribution in [0.2, 0.25) is 0 Å². The van der Waals surface area contributed by atoms with Crippen LogP contribution in [0.1, 0.15) is 31.9 Å². The summed E-state index contributed by atoms with van der Waals surface area (Å²) in [5, 5.41) is 8.68. The fourth-order valence-electron chi connectivity index (χ4n) is 2.50. The third-order valence-electron chi connectivity index (χ3n) is 3.48. The van der Waals surface area contributed by atoms with Crippen LogP contribution in [0.15, 0.2) is 22.7 Å². The summed E-state index contributed by atoms with van der Waals surface area (Å²) in [5.41, 5.74) is 1.66. The number of halogens is 1. The summed E-state index contributed by atoms with van der Waals surface area (Å²) in [6.45, 7) is 4.11. The fourth-order valence-corrected chi connectivity index (χ4v) is 2.86. The maximum atomic E-state index is 12.2. The van der Waals surface area contributed by atoms with Gasteiger partial charge in [0.15, 0.2) is 0 Å². The molecule has 0 bridgehead atoms. The molecule has 1 aromatic rings. The van der Waals surface area contributed by atoms with Gasteiger partial charge in [-0.1, -0.05) is 35.8 Å². The number of hydrogen-bond donors (Lipinski definition) is 3. The van der Waals surface area contributed by atoms with E-state index < -0.39 is 6.04 Å². The summed E-state index contributed by atoms with van der Waals surface area (Å²) in [6.07, 6.45) is 0.676. The van der Waals surface area contributed by atoms with Gasteiger partial charge in [-0.2, -0.15) is 0 Å². The molecule has 0 saturated carbocycles. The average molecular weight is 354 g/mol. The summed E-state index contributed by atoms with van der Waals surface area (Å²) >= 11 is 3.39. The first kappa shape index (κ1) is 16.0. The standard InChI is InChI=1S/C15H20BrN3O2/c1-8(2)6-12(14(20)17-3)18-13-10-5-4-9(16)7-11(10)19-15(13)21/h4-5,7-8,12-13,18H,6H2,1-3H3,(H,17,20)(H,19,21). The van der Waals surface area contributed by atoms with E-state index >= 15 is 0 Å². The highest BCUT2D eigenvalue weighted by Crippen LogP contribution is 2.33. The first-order valence-electron chi connectivity index (χ1n) is 7.00. The van der Waals surface area contributed by atoms with Gasteiger partial charge in [0, 0.05) is 22.8 Å². The van der Waals surface area contributed by atoms with Crippen molar-refractivity contribution < 1.29 is 9.59 Å². The van der Waals surface area contributed by atoms with Gasteiger partial charge in [-0.05, 0) is 24.5 Å². The molecule has 6 heteroatoms. The van der Waals surface area contributed by atoms with E-state index in [1.54, 1.807) is 7.05 Å². The normalized spacial score (nSPS) is 18.3. The van der Waals surface area contributed by atoms with Crippen molar-refractivity contribution in [1.29, 1.82) is 0 Å². The van der Waals surface area contributed by atoms with Crippen molar-refractivity contribution >= 4 is 33.4 Å². The van der Waals surface area contributed by atoms with E-state index in [0.717, 1.165) is 15.7 Å². The predicted molar refractivity (Wildman–Crippen MR) is 86.0 cm³/mol. The number of carbonyl (C=O) groups excluding carboxylic acids is 2. The first-order chi connectivity index (χ1) is 9.92. The van der Waals surface area contributed by atoms with Gasteiger partial charge in [0.2, 0.25) is 11.8 Å². The van der Waals surface area contributed by atoms with Crippen molar-refractivity contribution in [2.75, 3.05) is 12.4 Å². The minimum absolute atomic E-state index is 0.0953. The Morgan fingerprint density at radius 1 is 1.43 bits per heavy atom. The van der Waals surface area contributed by atoms with Crippen molar-refractivity contribution in [2.45, 2.75) is 32.4 Å². The number of benzene rings is 1. The van der Waals surface area contributed by atoms with Gasteiger partial charge >= 0.3 is 0 Å². The van der Waals surface area contributed by atoms with E-state index in [9.17, 15) is 9.59 Å². The lowest BCUT2D eigenvalue weighted by Crippen LogP contribution is -2.46. The fraction of sp³-hybridized carbons (Fsp3) is 0.467. The molecule has 2 atom stereocenters. The van der Waals surface area contributed by atoms with Crippen LogP contribution in [0.4, 0.5) is 5.69 Å². The van der Waals surface area contributed by atoms with Gasteiger partial charge in [-0.25, -0.2) is 0 Å². The van der Waals surface area contributed by atoms with Crippen LogP contribution in [-0.4, -0.2) is 24.9 Å². The summed E-state index contributed by atoms with van der Waals surface area (Å²) < 4.78 is 0.909. The van der Waals surface area contributed by atoms with Crippen molar-refractivity contribution in [2.24, 2.45) is 5.92 Å². The van der Waals surface area contributed by atoms with Crippen LogP contribution in [0.25, 0.3) is 0 Å². The topological polar surface area (TPSA) is 70.2 Å². The lowest BCUT2D eigenvalue weighted by atomic mass is 10.0. The Balaban J connectivity index is 2.21. The molecular weight excluding hydrogens is 334 g/mol. The van der Waals surface area contributed by atoms with Gasteiger partial charge < -0.3 is 10.6 Å². The van der Waals surface area contributed by atoms with Gasteiger partial charge in [0.1, 0.15) is 6.04 Å². The first-order valence-corrected chi connectivity index (χ1v) is 7.79. The summed E-state index contributed by atoms with van der Waals surface area (Å²) in [7, 11) is 1.61. The second-order valence-corrected chi connectivity index (χ2v) is 6.53. The number of likely N-dealkylation sites (N-methyl/N-ethyl adjacent to an activating group) is 1. The zero-order valence-electron chi connectivity index (χ0n) is 12.4. The second-order valence-electron chi connectivity index (χ2n) is 5.62. The lowest BCUT2D eigenvalue weighted by molar-refractivity contribution is -0.124. The number of rotatable bonds is 5. The summed E-state index contributed by atoms with van der Waals surface area (Å²) in [4.78, 5) is 24.1. The zero-order valence-corrected chi connectivity index (χ0v) is 14.0. The van der Waals surface area contributed by atoms with Crippen LogP contribution < -0.4 is 16.0 Å². The number of anilines is 1. The number of carbonyl (C=O) groups is 2. The Morgan fingerprint density at radius 2 is 2.14 bits per heavy atom. The molecule has 3 N–H and O–H groups in total. The maximum Gasteiger partial charge on any atom is 0.246 e. The number of nitrogens with one attached hydrogen (secondary N) is 3. The molecule has 1 heterocycles. The molecule has 0 radical (unpaired) electrons. The van der Waals surface area contributed by atoms with Gasteiger partial charge in [-0.15, -0.1) is 0 Å². The zero-order chi connectivity index (χ0) is 15.6. The monoisotopic (exact) mass is 353 g/mol. The third-order valence-corrected chi connectivity index (χ3v) is 3.98. The summed E-state index contributed by atoms with van der Waals surface area (Å²) in [6, 6.07) is 4.78. The van der Waals surface area contributed by atoms with E-state index in [0.29, 0.717) is 12.3 Å². The maximum absolute atomic E-state index is 12.2. The van der Waals surface area contributed by atoms with Crippen LogP contribution >= 0.6 is 15.9 Å². The highest BCUT2D eigenvalue weighted by atomic mass is 79.9. The molecule has 0 saturated heterocycles. The molecule has 2 rings (SSSR count). The lowest BCUT2D eigenvalue weighted by Gasteiger charge is -2.22. The highest BCUT2D eigenvalue weighted by Gasteiger charge is 2.34.